The summed E-state index contributed by atoms with van der Waals surface area (Å²) < 4.78 is 5.72. The van der Waals surface area contributed by atoms with Crippen molar-refractivity contribution < 1.29 is 19.7 Å². The number of aromatic carboxylic acids is 1. The second kappa shape index (κ2) is 5.14. The summed E-state index contributed by atoms with van der Waals surface area (Å²) in [5.41, 5.74) is 0.336. The van der Waals surface area contributed by atoms with Crippen LogP contribution in [0.15, 0.2) is 16.6 Å². The first-order valence-corrected chi connectivity index (χ1v) is 5.18. The average molecular weight is 275 g/mol. The fourth-order valence-electron chi connectivity index (χ4n) is 1.14. The second-order valence-corrected chi connectivity index (χ2v) is 3.82. The summed E-state index contributed by atoms with van der Waals surface area (Å²) in [4.78, 5) is 10.8. The van der Waals surface area contributed by atoms with E-state index in [4.69, 9.17) is 9.84 Å². The lowest BCUT2D eigenvalue weighted by Crippen LogP contribution is -2.01. The predicted molar refractivity (Wildman–Crippen MR) is 58.1 cm³/mol. The lowest BCUT2D eigenvalue weighted by atomic mass is 10.1. The van der Waals surface area contributed by atoms with Gasteiger partial charge >= 0.3 is 5.97 Å². The lowest BCUT2D eigenvalue weighted by Gasteiger charge is -2.08. The molecule has 1 aromatic rings. The highest BCUT2D eigenvalue weighted by atomic mass is 79.9. The fourth-order valence-corrected chi connectivity index (χ4v) is 1.65. The molecule has 5 heteroatoms. The Bertz CT molecular complexity index is 376. The van der Waals surface area contributed by atoms with Crippen LogP contribution in [0.2, 0.25) is 0 Å². The molecule has 0 aliphatic carbocycles. The molecule has 2 N–H and O–H groups in total. The number of phenols is 1. The van der Waals surface area contributed by atoms with Crippen LogP contribution in [0, 0.1) is 0 Å². The highest BCUT2D eigenvalue weighted by Gasteiger charge is 2.14. The van der Waals surface area contributed by atoms with E-state index < -0.39 is 5.97 Å². The first-order valence-electron chi connectivity index (χ1n) is 4.38. The van der Waals surface area contributed by atoms with E-state index in [0.29, 0.717) is 16.6 Å². The van der Waals surface area contributed by atoms with E-state index in [1.54, 1.807) is 6.07 Å². The molecule has 0 heterocycles. The number of rotatable bonds is 4. The van der Waals surface area contributed by atoms with Gasteiger partial charge in [0.1, 0.15) is 11.3 Å². The quantitative estimate of drug-likeness (QED) is 0.885. The van der Waals surface area contributed by atoms with Gasteiger partial charge in [0.2, 0.25) is 0 Å². The minimum Gasteiger partial charge on any atom is -0.507 e. The summed E-state index contributed by atoms with van der Waals surface area (Å²) in [7, 11) is 0. The number of halogens is 1. The van der Waals surface area contributed by atoms with Gasteiger partial charge in [0.05, 0.1) is 6.61 Å². The molecule has 1 rings (SSSR count). The Morgan fingerprint density at radius 2 is 2.20 bits per heavy atom. The van der Waals surface area contributed by atoms with Crippen LogP contribution in [-0.2, 0) is 11.3 Å². The third kappa shape index (κ3) is 2.94. The van der Waals surface area contributed by atoms with Gasteiger partial charge in [-0.05, 0) is 19.1 Å². The molecule has 0 atom stereocenters. The second-order valence-electron chi connectivity index (χ2n) is 2.90. The molecule has 0 unspecified atom stereocenters. The molecular formula is C10H11BrO4. The number of carboxylic acid groups (broad SMARTS) is 1. The predicted octanol–water partition coefficient (Wildman–Crippen LogP) is 2.39. The topological polar surface area (TPSA) is 66.8 Å². The van der Waals surface area contributed by atoms with Crippen molar-refractivity contribution in [3.8, 4) is 5.75 Å². The Kier molecular flexibility index (Phi) is 4.11. The first-order chi connectivity index (χ1) is 7.06. The maximum atomic E-state index is 10.8. The van der Waals surface area contributed by atoms with Gasteiger partial charge in [-0.1, -0.05) is 15.9 Å². The van der Waals surface area contributed by atoms with E-state index in [1.807, 2.05) is 6.92 Å². The minimum atomic E-state index is -1.16. The van der Waals surface area contributed by atoms with Crippen LogP contribution < -0.4 is 0 Å². The van der Waals surface area contributed by atoms with Crippen molar-refractivity contribution in [1.29, 1.82) is 0 Å². The smallest absolute Gasteiger partial charge is 0.339 e. The third-order valence-corrected chi connectivity index (χ3v) is 2.30. The molecule has 15 heavy (non-hydrogen) atoms. The van der Waals surface area contributed by atoms with Gasteiger partial charge < -0.3 is 14.9 Å². The number of hydrogen-bond acceptors (Lipinski definition) is 3. The van der Waals surface area contributed by atoms with Crippen molar-refractivity contribution in [2.45, 2.75) is 13.5 Å². The van der Waals surface area contributed by atoms with Crippen LogP contribution in [0.3, 0.4) is 0 Å². The van der Waals surface area contributed by atoms with Crippen molar-refractivity contribution in [2.75, 3.05) is 6.61 Å². The number of ether oxygens (including phenoxy) is 1. The number of carboxylic acids is 1. The van der Waals surface area contributed by atoms with Crippen molar-refractivity contribution in [3.63, 3.8) is 0 Å². The summed E-state index contributed by atoms with van der Waals surface area (Å²) in [6.07, 6.45) is 0. The molecule has 1 aromatic carbocycles. The highest BCUT2D eigenvalue weighted by molar-refractivity contribution is 9.10. The van der Waals surface area contributed by atoms with Crippen molar-refractivity contribution in [1.82, 2.24) is 0 Å². The van der Waals surface area contributed by atoms with Gasteiger partial charge in [-0.15, -0.1) is 0 Å². The molecule has 0 amide bonds. The summed E-state index contributed by atoms with van der Waals surface area (Å²) >= 11 is 3.18. The number of aromatic hydroxyl groups is 1. The molecule has 0 aliphatic heterocycles. The molecule has 0 bridgehead atoms. The Hall–Kier alpha value is -1.07. The summed E-state index contributed by atoms with van der Waals surface area (Å²) in [6, 6.07) is 2.99. The zero-order chi connectivity index (χ0) is 11.4. The zero-order valence-electron chi connectivity index (χ0n) is 8.16. The van der Waals surface area contributed by atoms with E-state index >= 15 is 0 Å². The number of hydrogen-bond donors (Lipinski definition) is 2. The van der Waals surface area contributed by atoms with Crippen LogP contribution in [0.1, 0.15) is 22.8 Å². The zero-order valence-corrected chi connectivity index (χ0v) is 9.74. The molecule has 0 saturated carbocycles. The van der Waals surface area contributed by atoms with Crippen LogP contribution in [0.4, 0.5) is 0 Å². The van der Waals surface area contributed by atoms with Gasteiger partial charge in [0.15, 0.2) is 0 Å². The van der Waals surface area contributed by atoms with Gasteiger partial charge in [0.25, 0.3) is 0 Å². The minimum absolute atomic E-state index is 0.126. The normalized spacial score (nSPS) is 10.3. The Balaban J connectivity index is 3.10. The van der Waals surface area contributed by atoms with Crippen molar-refractivity contribution in [3.05, 3.63) is 27.7 Å². The first kappa shape index (κ1) is 12.0. The monoisotopic (exact) mass is 274 g/mol. The highest BCUT2D eigenvalue weighted by Crippen LogP contribution is 2.28. The molecule has 0 aliphatic rings. The van der Waals surface area contributed by atoms with E-state index in [2.05, 4.69) is 15.9 Å². The van der Waals surface area contributed by atoms with E-state index in [0.717, 1.165) is 0 Å². The Morgan fingerprint density at radius 3 is 2.73 bits per heavy atom. The molecule has 0 spiro atoms. The molecule has 0 aromatic heterocycles. The Labute approximate surface area is 95.6 Å². The fraction of sp³-hybridized carbons (Fsp3) is 0.300. The molecule has 4 nitrogen and oxygen atoms in total. The van der Waals surface area contributed by atoms with E-state index in [1.165, 1.54) is 6.07 Å². The lowest BCUT2D eigenvalue weighted by molar-refractivity contribution is 0.0692. The van der Waals surface area contributed by atoms with Crippen LogP contribution in [0.5, 0.6) is 5.75 Å². The molecular weight excluding hydrogens is 264 g/mol. The summed E-state index contributed by atoms with van der Waals surface area (Å²) in [5, 5.41) is 18.4. The van der Waals surface area contributed by atoms with Crippen molar-refractivity contribution in [2.24, 2.45) is 0 Å². The van der Waals surface area contributed by atoms with E-state index in [9.17, 15) is 9.90 Å². The summed E-state index contributed by atoms with van der Waals surface area (Å²) in [5.74, 6) is -1.40. The summed E-state index contributed by atoms with van der Waals surface area (Å²) in [6.45, 7) is 2.53. The van der Waals surface area contributed by atoms with Crippen LogP contribution >= 0.6 is 15.9 Å². The van der Waals surface area contributed by atoms with Crippen LogP contribution in [0.25, 0.3) is 0 Å². The maximum absolute atomic E-state index is 10.8. The molecule has 0 fully saturated rings. The van der Waals surface area contributed by atoms with Gasteiger partial charge in [-0.3, -0.25) is 0 Å². The average Bonchev–Trinajstić information content (AvgIpc) is 2.18. The van der Waals surface area contributed by atoms with Gasteiger partial charge in [0, 0.05) is 16.6 Å². The maximum Gasteiger partial charge on any atom is 0.339 e. The molecule has 0 saturated heterocycles. The van der Waals surface area contributed by atoms with Gasteiger partial charge in [-0.25, -0.2) is 4.79 Å². The molecule has 82 valence electrons. The van der Waals surface area contributed by atoms with Crippen molar-refractivity contribution >= 4 is 21.9 Å². The van der Waals surface area contributed by atoms with E-state index in [-0.39, 0.29) is 17.9 Å². The molecule has 0 radical (unpaired) electrons. The standard InChI is InChI=1S/C10H11BrO4/c1-2-15-5-6-3-7(11)4-8(9(6)12)10(13)14/h3-4,12H,2,5H2,1H3,(H,13,14). The SMILES string of the molecule is CCOCc1cc(Br)cc(C(=O)O)c1O. The van der Waals surface area contributed by atoms with Crippen LogP contribution in [-0.4, -0.2) is 22.8 Å². The van der Waals surface area contributed by atoms with Gasteiger partial charge in [-0.2, -0.15) is 0 Å². The number of carbonyl (C=O) groups is 1. The third-order valence-electron chi connectivity index (χ3n) is 1.85. The largest absolute Gasteiger partial charge is 0.507 e. The number of benzene rings is 1. The Morgan fingerprint density at radius 1 is 1.53 bits per heavy atom.